The van der Waals surface area contributed by atoms with Crippen LogP contribution in [0.5, 0.6) is 0 Å². The Balaban J connectivity index is 1.90. The van der Waals surface area contributed by atoms with Crippen LogP contribution in [-0.4, -0.2) is 10.9 Å². The first kappa shape index (κ1) is 13.1. The van der Waals surface area contributed by atoms with Gasteiger partial charge in [0.15, 0.2) is 0 Å². The summed E-state index contributed by atoms with van der Waals surface area (Å²) < 4.78 is 0. The molecular formula is C15H17N3O. The number of anilines is 2. The number of rotatable bonds is 4. The Hall–Kier alpha value is -2.36. The first-order chi connectivity index (χ1) is 9.15. The molecule has 0 saturated carbocycles. The summed E-state index contributed by atoms with van der Waals surface area (Å²) in [7, 11) is 0. The first-order valence-corrected chi connectivity index (χ1v) is 6.21. The van der Waals surface area contributed by atoms with Crippen molar-refractivity contribution in [1.82, 2.24) is 4.98 Å². The lowest BCUT2D eigenvalue weighted by Gasteiger charge is -2.07. The molecule has 1 amide bonds. The molecule has 0 aliphatic heterocycles. The summed E-state index contributed by atoms with van der Waals surface area (Å²) in [6, 6.07) is 11.3. The Bertz CT molecular complexity index is 581. The highest BCUT2D eigenvalue weighted by Crippen LogP contribution is 2.12. The average Bonchev–Trinajstić information content (AvgIpc) is 2.39. The van der Waals surface area contributed by atoms with Gasteiger partial charge in [-0.15, -0.1) is 0 Å². The number of pyridine rings is 1. The van der Waals surface area contributed by atoms with E-state index in [1.165, 1.54) is 0 Å². The van der Waals surface area contributed by atoms with E-state index in [0.29, 0.717) is 18.7 Å². The van der Waals surface area contributed by atoms with Gasteiger partial charge in [0.05, 0.1) is 0 Å². The van der Waals surface area contributed by atoms with E-state index in [-0.39, 0.29) is 5.91 Å². The van der Waals surface area contributed by atoms with Crippen LogP contribution in [-0.2, 0) is 11.2 Å². The summed E-state index contributed by atoms with van der Waals surface area (Å²) in [5.74, 6) is 0.587. The quantitative estimate of drug-likeness (QED) is 0.825. The van der Waals surface area contributed by atoms with Crippen molar-refractivity contribution >= 4 is 17.4 Å². The molecule has 1 aromatic heterocycles. The number of nitrogens with two attached hydrogens (primary N) is 1. The molecule has 1 heterocycles. The maximum absolute atomic E-state index is 11.8. The number of benzene rings is 1. The molecule has 0 unspecified atom stereocenters. The van der Waals surface area contributed by atoms with E-state index in [1.807, 2.05) is 43.3 Å². The predicted molar refractivity (Wildman–Crippen MR) is 76.8 cm³/mol. The van der Waals surface area contributed by atoms with Crippen molar-refractivity contribution in [2.45, 2.75) is 19.8 Å². The number of hydrogen-bond acceptors (Lipinski definition) is 3. The number of carbonyl (C=O) groups is 1. The van der Waals surface area contributed by atoms with Crippen LogP contribution in [0.3, 0.4) is 0 Å². The Kier molecular flexibility index (Phi) is 4.13. The molecule has 0 spiro atoms. The second-order valence-corrected chi connectivity index (χ2v) is 4.46. The van der Waals surface area contributed by atoms with Crippen LogP contribution in [0.2, 0.25) is 0 Å². The third-order valence-corrected chi connectivity index (χ3v) is 2.86. The minimum Gasteiger partial charge on any atom is -0.399 e. The molecule has 4 nitrogen and oxygen atoms in total. The SMILES string of the molecule is Cc1cccnc1NC(=O)CCc1cccc(N)c1. The van der Waals surface area contributed by atoms with Gasteiger partial charge in [-0.25, -0.2) is 4.98 Å². The third kappa shape index (κ3) is 3.81. The molecule has 3 N–H and O–H groups in total. The lowest BCUT2D eigenvalue weighted by Crippen LogP contribution is -2.14. The highest BCUT2D eigenvalue weighted by molar-refractivity contribution is 5.90. The second kappa shape index (κ2) is 6.00. The van der Waals surface area contributed by atoms with Crippen molar-refractivity contribution in [2.75, 3.05) is 11.1 Å². The molecule has 0 aliphatic carbocycles. The van der Waals surface area contributed by atoms with Crippen LogP contribution in [0.15, 0.2) is 42.6 Å². The number of carbonyl (C=O) groups excluding carboxylic acids is 1. The van der Waals surface area contributed by atoms with Crippen LogP contribution in [0.1, 0.15) is 17.5 Å². The van der Waals surface area contributed by atoms with Gasteiger partial charge in [0.1, 0.15) is 5.82 Å². The van der Waals surface area contributed by atoms with Crippen LogP contribution in [0, 0.1) is 6.92 Å². The van der Waals surface area contributed by atoms with Crippen molar-refractivity contribution in [3.05, 3.63) is 53.7 Å². The van der Waals surface area contributed by atoms with Crippen LogP contribution < -0.4 is 11.1 Å². The Morgan fingerprint density at radius 1 is 1.32 bits per heavy atom. The van der Waals surface area contributed by atoms with Crippen LogP contribution >= 0.6 is 0 Å². The Labute approximate surface area is 112 Å². The van der Waals surface area contributed by atoms with Gasteiger partial charge in [0.25, 0.3) is 0 Å². The molecule has 2 aromatic rings. The largest absolute Gasteiger partial charge is 0.399 e. The number of aromatic nitrogens is 1. The van der Waals surface area contributed by atoms with Gasteiger partial charge in [-0.3, -0.25) is 4.79 Å². The predicted octanol–water partition coefficient (Wildman–Crippen LogP) is 2.54. The standard InChI is InChI=1S/C15H17N3O/c1-11-4-3-9-17-15(11)18-14(19)8-7-12-5-2-6-13(16)10-12/h2-6,9-10H,7-8,16H2,1H3,(H,17,18,19). The molecule has 98 valence electrons. The fraction of sp³-hybridized carbons (Fsp3) is 0.200. The Morgan fingerprint density at radius 2 is 2.16 bits per heavy atom. The minimum absolute atomic E-state index is 0.0378. The van der Waals surface area contributed by atoms with E-state index >= 15 is 0 Å². The van der Waals surface area contributed by atoms with E-state index < -0.39 is 0 Å². The lowest BCUT2D eigenvalue weighted by atomic mass is 10.1. The molecule has 4 heteroatoms. The van der Waals surface area contributed by atoms with E-state index in [0.717, 1.165) is 16.8 Å². The smallest absolute Gasteiger partial charge is 0.225 e. The summed E-state index contributed by atoms with van der Waals surface area (Å²) in [6.07, 6.45) is 2.75. The molecule has 0 atom stereocenters. The summed E-state index contributed by atoms with van der Waals surface area (Å²) in [5.41, 5.74) is 8.44. The van der Waals surface area contributed by atoms with E-state index in [9.17, 15) is 4.79 Å². The molecule has 0 fully saturated rings. The lowest BCUT2D eigenvalue weighted by molar-refractivity contribution is -0.116. The average molecular weight is 255 g/mol. The first-order valence-electron chi connectivity index (χ1n) is 6.21. The van der Waals surface area contributed by atoms with Crippen molar-refractivity contribution in [2.24, 2.45) is 0 Å². The molecule has 0 saturated heterocycles. The number of amides is 1. The van der Waals surface area contributed by atoms with Gasteiger partial charge in [-0.2, -0.15) is 0 Å². The number of hydrogen-bond donors (Lipinski definition) is 2. The molecule has 0 bridgehead atoms. The van der Waals surface area contributed by atoms with Gasteiger partial charge >= 0.3 is 0 Å². The maximum atomic E-state index is 11.8. The minimum atomic E-state index is -0.0378. The maximum Gasteiger partial charge on any atom is 0.225 e. The zero-order valence-corrected chi connectivity index (χ0v) is 10.9. The van der Waals surface area contributed by atoms with Gasteiger partial charge < -0.3 is 11.1 Å². The topological polar surface area (TPSA) is 68.0 Å². The fourth-order valence-corrected chi connectivity index (χ4v) is 1.82. The molecule has 19 heavy (non-hydrogen) atoms. The number of nitrogens with zero attached hydrogens (tertiary/aromatic N) is 1. The van der Waals surface area contributed by atoms with E-state index in [4.69, 9.17) is 5.73 Å². The number of nitrogens with one attached hydrogen (secondary N) is 1. The fourth-order valence-electron chi connectivity index (χ4n) is 1.82. The molecule has 0 aliphatic rings. The van der Waals surface area contributed by atoms with Crippen molar-refractivity contribution in [3.8, 4) is 0 Å². The van der Waals surface area contributed by atoms with Gasteiger partial charge in [-0.1, -0.05) is 18.2 Å². The van der Waals surface area contributed by atoms with Gasteiger partial charge in [0, 0.05) is 18.3 Å². The summed E-state index contributed by atoms with van der Waals surface area (Å²) in [4.78, 5) is 16.0. The molecular weight excluding hydrogens is 238 g/mol. The van der Waals surface area contributed by atoms with Gasteiger partial charge in [0.2, 0.25) is 5.91 Å². The zero-order chi connectivity index (χ0) is 13.7. The van der Waals surface area contributed by atoms with Crippen molar-refractivity contribution in [3.63, 3.8) is 0 Å². The zero-order valence-electron chi connectivity index (χ0n) is 10.9. The van der Waals surface area contributed by atoms with E-state index in [2.05, 4.69) is 10.3 Å². The van der Waals surface area contributed by atoms with Crippen LogP contribution in [0.25, 0.3) is 0 Å². The molecule has 2 rings (SSSR count). The highest BCUT2D eigenvalue weighted by atomic mass is 16.1. The second-order valence-electron chi connectivity index (χ2n) is 4.46. The summed E-state index contributed by atoms with van der Waals surface area (Å²) in [6.45, 7) is 1.92. The molecule has 1 aromatic carbocycles. The third-order valence-electron chi connectivity index (χ3n) is 2.86. The number of aryl methyl sites for hydroxylation is 2. The number of nitrogen functional groups attached to an aromatic ring is 1. The normalized spacial score (nSPS) is 10.2. The van der Waals surface area contributed by atoms with Crippen LogP contribution in [0.4, 0.5) is 11.5 Å². The van der Waals surface area contributed by atoms with E-state index in [1.54, 1.807) is 6.20 Å². The van der Waals surface area contributed by atoms with Gasteiger partial charge in [-0.05, 0) is 42.7 Å². The highest BCUT2D eigenvalue weighted by Gasteiger charge is 2.05. The molecule has 0 radical (unpaired) electrons. The Morgan fingerprint density at radius 3 is 2.89 bits per heavy atom. The summed E-state index contributed by atoms with van der Waals surface area (Å²) in [5, 5.41) is 2.81. The van der Waals surface area contributed by atoms with Crippen molar-refractivity contribution in [1.29, 1.82) is 0 Å². The monoisotopic (exact) mass is 255 g/mol. The summed E-state index contributed by atoms with van der Waals surface area (Å²) >= 11 is 0. The van der Waals surface area contributed by atoms with Crippen molar-refractivity contribution < 1.29 is 4.79 Å².